The predicted octanol–water partition coefficient (Wildman–Crippen LogP) is 3.01. The molecule has 0 saturated heterocycles. The maximum absolute atomic E-state index is 11.5. The van der Waals surface area contributed by atoms with E-state index < -0.39 is 10.9 Å². The molecule has 1 aromatic rings. The number of hydrogen-bond acceptors (Lipinski definition) is 5. The standard InChI is InChI=1S/C14H20N2O4/c1-4-5-6-9-15(2)13-10-11(14(17)20-3)7-8-12(13)16(18)19/h7-8,10H,4-6,9H2,1-3H3. The Morgan fingerprint density at radius 3 is 2.65 bits per heavy atom. The molecule has 0 bridgehead atoms. The van der Waals surface area contributed by atoms with Gasteiger partial charge in [-0.25, -0.2) is 4.79 Å². The molecule has 0 amide bonds. The van der Waals surface area contributed by atoms with Crippen LogP contribution in [0.2, 0.25) is 0 Å². The van der Waals surface area contributed by atoms with Crippen molar-refractivity contribution in [3.05, 3.63) is 33.9 Å². The third-order valence-electron chi connectivity index (χ3n) is 3.10. The molecular weight excluding hydrogens is 260 g/mol. The van der Waals surface area contributed by atoms with Gasteiger partial charge in [-0.3, -0.25) is 10.1 Å². The van der Waals surface area contributed by atoms with Crippen molar-refractivity contribution < 1.29 is 14.5 Å². The summed E-state index contributed by atoms with van der Waals surface area (Å²) in [6.45, 7) is 2.81. The molecule has 6 heteroatoms. The highest BCUT2D eigenvalue weighted by Gasteiger charge is 2.19. The van der Waals surface area contributed by atoms with E-state index in [0.717, 1.165) is 19.3 Å². The molecule has 0 fully saturated rings. The third kappa shape index (κ3) is 3.94. The van der Waals surface area contributed by atoms with Crippen LogP contribution in [-0.4, -0.2) is 31.6 Å². The van der Waals surface area contributed by atoms with Gasteiger partial charge in [0.25, 0.3) is 5.69 Å². The second kappa shape index (κ2) is 7.47. The van der Waals surface area contributed by atoms with Crippen molar-refractivity contribution in [3.8, 4) is 0 Å². The number of rotatable bonds is 7. The average molecular weight is 280 g/mol. The van der Waals surface area contributed by atoms with Gasteiger partial charge < -0.3 is 9.64 Å². The Kier molecular flexibility index (Phi) is 5.96. The van der Waals surface area contributed by atoms with Gasteiger partial charge in [0.2, 0.25) is 0 Å². The summed E-state index contributed by atoms with van der Waals surface area (Å²) < 4.78 is 4.64. The fourth-order valence-corrected chi connectivity index (χ4v) is 1.95. The number of methoxy groups -OCH3 is 1. The lowest BCUT2D eigenvalue weighted by Crippen LogP contribution is -2.20. The largest absolute Gasteiger partial charge is 0.465 e. The maximum Gasteiger partial charge on any atom is 0.337 e. The smallest absolute Gasteiger partial charge is 0.337 e. The zero-order chi connectivity index (χ0) is 15.1. The number of anilines is 1. The van der Waals surface area contributed by atoms with Crippen molar-refractivity contribution in [2.45, 2.75) is 26.2 Å². The zero-order valence-electron chi connectivity index (χ0n) is 12.1. The summed E-state index contributed by atoms with van der Waals surface area (Å²) in [7, 11) is 3.08. The molecule has 0 aliphatic rings. The number of benzene rings is 1. The summed E-state index contributed by atoms with van der Waals surface area (Å²) in [6.07, 6.45) is 3.10. The first-order valence-electron chi connectivity index (χ1n) is 6.59. The summed E-state index contributed by atoms with van der Waals surface area (Å²) in [5, 5.41) is 11.1. The number of nitrogens with zero attached hydrogens (tertiary/aromatic N) is 2. The Morgan fingerprint density at radius 1 is 1.40 bits per heavy atom. The molecule has 1 aromatic carbocycles. The second-order valence-corrected chi connectivity index (χ2v) is 4.58. The SMILES string of the molecule is CCCCCN(C)c1cc(C(=O)OC)ccc1[N+](=O)[O-]. The molecule has 0 spiro atoms. The van der Waals surface area contributed by atoms with Crippen LogP contribution in [0, 0.1) is 10.1 Å². The number of carbonyl (C=O) groups excluding carboxylic acids is 1. The number of ether oxygens (including phenoxy) is 1. The highest BCUT2D eigenvalue weighted by molar-refractivity contribution is 5.91. The molecule has 1 rings (SSSR count). The van der Waals surface area contributed by atoms with Crippen molar-refractivity contribution in [2.75, 3.05) is 25.6 Å². The minimum atomic E-state index is -0.497. The Hall–Kier alpha value is -2.11. The summed E-state index contributed by atoms with van der Waals surface area (Å²) >= 11 is 0. The van der Waals surface area contributed by atoms with Crippen molar-refractivity contribution in [3.63, 3.8) is 0 Å². The van der Waals surface area contributed by atoms with Crippen molar-refractivity contribution >= 4 is 17.3 Å². The van der Waals surface area contributed by atoms with Gasteiger partial charge in [-0.15, -0.1) is 0 Å². The summed E-state index contributed by atoms with van der Waals surface area (Å²) in [6, 6.07) is 4.27. The number of carbonyl (C=O) groups is 1. The Morgan fingerprint density at radius 2 is 2.10 bits per heavy atom. The van der Waals surface area contributed by atoms with E-state index >= 15 is 0 Å². The van der Waals surface area contributed by atoms with E-state index in [0.29, 0.717) is 17.8 Å². The zero-order valence-corrected chi connectivity index (χ0v) is 12.1. The molecule has 0 heterocycles. The van der Waals surface area contributed by atoms with Gasteiger partial charge in [0.05, 0.1) is 17.6 Å². The molecule has 0 N–H and O–H groups in total. The summed E-state index contributed by atoms with van der Waals surface area (Å²) in [5.74, 6) is -0.497. The minimum Gasteiger partial charge on any atom is -0.465 e. The fraction of sp³-hybridized carbons (Fsp3) is 0.500. The average Bonchev–Trinajstić information content (AvgIpc) is 2.45. The normalized spacial score (nSPS) is 10.2. The van der Waals surface area contributed by atoms with Crippen LogP contribution in [0.25, 0.3) is 0 Å². The highest BCUT2D eigenvalue weighted by Crippen LogP contribution is 2.29. The number of esters is 1. The quantitative estimate of drug-likeness (QED) is 0.332. The van der Waals surface area contributed by atoms with Crippen LogP contribution in [0.1, 0.15) is 36.5 Å². The lowest BCUT2D eigenvalue weighted by atomic mass is 10.1. The molecule has 20 heavy (non-hydrogen) atoms. The van der Waals surface area contributed by atoms with Crippen LogP contribution in [0.15, 0.2) is 18.2 Å². The molecule has 0 saturated carbocycles. The Balaban J connectivity index is 3.05. The number of unbranched alkanes of at least 4 members (excludes halogenated alkanes) is 2. The predicted molar refractivity (Wildman–Crippen MR) is 77.2 cm³/mol. The van der Waals surface area contributed by atoms with Crippen LogP contribution in [0.4, 0.5) is 11.4 Å². The lowest BCUT2D eigenvalue weighted by molar-refractivity contribution is -0.384. The first-order chi connectivity index (χ1) is 9.51. The van der Waals surface area contributed by atoms with E-state index in [-0.39, 0.29) is 5.69 Å². The van der Waals surface area contributed by atoms with E-state index in [2.05, 4.69) is 11.7 Å². The van der Waals surface area contributed by atoms with Crippen LogP contribution < -0.4 is 4.90 Å². The highest BCUT2D eigenvalue weighted by atomic mass is 16.6. The van der Waals surface area contributed by atoms with Gasteiger partial charge in [0.1, 0.15) is 5.69 Å². The molecule has 0 aromatic heterocycles. The van der Waals surface area contributed by atoms with Crippen LogP contribution in [0.5, 0.6) is 0 Å². The van der Waals surface area contributed by atoms with Gasteiger partial charge in [0, 0.05) is 19.7 Å². The van der Waals surface area contributed by atoms with E-state index in [4.69, 9.17) is 0 Å². The van der Waals surface area contributed by atoms with Crippen LogP contribution in [-0.2, 0) is 4.74 Å². The van der Waals surface area contributed by atoms with Gasteiger partial charge >= 0.3 is 5.97 Å². The van der Waals surface area contributed by atoms with E-state index in [9.17, 15) is 14.9 Å². The number of nitro benzene ring substituents is 1. The lowest BCUT2D eigenvalue weighted by Gasteiger charge is -2.19. The molecule has 110 valence electrons. The van der Waals surface area contributed by atoms with Crippen LogP contribution in [0.3, 0.4) is 0 Å². The Labute approximate surface area is 118 Å². The van der Waals surface area contributed by atoms with Gasteiger partial charge in [0.15, 0.2) is 0 Å². The molecule has 6 nitrogen and oxygen atoms in total. The number of hydrogen-bond donors (Lipinski definition) is 0. The molecular formula is C14H20N2O4. The topological polar surface area (TPSA) is 72.7 Å². The van der Waals surface area contributed by atoms with Crippen molar-refractivity contribution in [2.24, 2.45) is 0 Å². The summed E-state index contributed by atoms with van der Waals surface area (Å²) in [5.41, 5.74) is 0.751. The van der Waals surface area contributed by atoms with Gasteiger partial charge in [-0.1, -0.05) is 19.8 Å². The molecule has 0 aliphatic carbocycles. The molecule has 0 atom stereocenters. The maximum atomic E-state index is 11.5. The first kappa shape index (κ1) is 15.9. The summed E-state index contributed by atoms with van der Waals surface area (Å²) in [4.78, 5) is 24.0. The van der Waals surface area contributed by atoms with E-state index in [1.54, 1.807) is 11.9 Å². The van der Waals surface area contributed by atoms with Gasteiger partial charge in [-0.05, 0) is 18.6 Å². The van der Waals surface area contributed by atoms with E-state index in [1.165, 1.54) is 25.3 Å². The third-order valence-corrected chi connectivity index (χ3v) is 3.10. The van der Waals surface area contributed by atoms with Crippen LogP contribution >= 0.6 is 0 Å². The molecule has 0 radical (unpaired) electrons. The first-order valence-corrected chi connectivity index (χ1v) is 6.59. The minimum absolute atomic E-state index is 0.00310. The molecule has 0 aliphatic heterocycles. The van der Waals surface area contributed by atoms with E-state index in [1.807, 2.05) is 0 Å². The monoisotopic (exact) mass is 280 g/mol. The van der Waals surface area contributed by atoms with Crippen molar-refractivity contribution in [1.29, 1.82) is 0 Å². The molecule has 0 unspecified atom stereocenters. The van der Waals surface area contributed by atoms with Crippen molar-refractivity contribution in [1.82, 2.24) is 0 Å². The number of nitro groups is 1. The Bertz CT molecular complexity index is 488. The fourth-order valence-electron chi connectivity index (χ4n) is 1.95. The second-order valence-electron chi connectivity index (χ2n) is 4.58. The van der Waals surface area contributed by atoms with Gasteiger partial charge in [-0.2, -0.15) is 0 Å².